The summed E-state index contributed by atoms with van der Waals surface area (Å²) in [6.07, 6.45) is 3.05. The lowest BCUT2D eigenvalue weighted by molar-refractivity contribution is -0.123. The molecular weight excluding hydrogens is 302 g/mol. The third kappa shape index (κ3) is 4.53. The zero-order valence-electron chi connectivity index (χ0n) is 12.8. The number of sulfonamides is 1. The minimum Gasteiger partial charge on any atom is -0.351 e. The van der Waals surface area contributed by atoms with Crippen molar-refractivity contribution in [3.63, 3.8) is 0 Å². The Morgan fingerprint density at radius 3 is 2.59 bits per heavy atom. The van der Waals surface area contributed by atoms with Crippen LogP contribution in [-0.4, -0.2) is 33.5 Å². The van der Waals surface area contributed by atoms with Gasteiger partial charge in [-0.05, 0) is 37.1 Å². The number of rotatable bonds is 6. The Morgan fingerprint density at radius 2 is 2.00 bits per heavy atom. The average Bonchev–Trinajstić information content (AvgIpc) is 2.54. The van der Waals surface area contributed by atoms with Gasteiger partial charge in [0.15, 0.2) is 0 Å². The van der Waals surface area contributed by atoms with Crippen molar-refractivity contribution in [2.45, 2.75) is 43.7 Å². The fourth-order valence-electron chi connectivity index (χ4n) is 2.45. The molecule has 1 aromatic carbocycles. The minimum absolute atomic E-state index is 0.00375. The van der Waals surface area contributed by atoms with E-state index in [0.717, 1.165) is 31.4 Å². The summed E-state index contributed by atoms with van der Waals surface area (Å²) < 4.78 is 26.1. The molecule has 1 aromatic rings. The van der Waals surface area contributed by atoms with E-state index in [0.29, 0.717) is 13.1 Å². The molecule has 7 heteroatoms. The van der Waals surface area contributed by atoms with Crippen LogP contribution in [0.1, 0.15) is 31.7 Å². The fourth-order valence-corrected chi connectivity index (χ4v) is 3.49. The SMILES string of the molecule is CCNS(=O)(=O)c1ccc(CNC(=O)C2CCCCN2)cc1. The van der Waals surface area contributed by atoms with Crippen molar-refractivity contribution in [3.8, 4) is 0 Å². The summed E-state index contributed by atoms with van der Waals surface area (Å²) in [6.45, 7) is 3.38. The molecule has 1 amide bonds. The molecule has 6 nitrogen and oxygen atoms in total. The van der Waals surface area contributed by atoms with E-state index in [4.69, 9.17) is 0 Å². The van der Waals surface area contributed by atoms with Crippen LogP contribution in [-0.2, 0) is 21.4 Å². The molecular formula is C15H23N3O3S. The Kier molecular flexibility index (Phi) is 5.93. The third-order valence-corrected chi connectivity index (χ3v) is 5.22. The van der Waals surface area contributed by atoms with E-state index in [2.05, 4.69) is 15.4 Å². The first-order valence-electron chi connectivity index (χ1n) is 7.62. The van der Waals surface area contributed by atoms with E-state index in [1.54, 1.807) is 31.2 Å². The predicted molar refractivity (Wildman–Crippen MR) is 84.8 cm³/mol. The Morgan fingerprint density at radius 1 is 1.27 bits per heavy atom. The number of hydrogen-bond donors (Lipinski definition) is 3. The number of hydrogen-bond acceptors (Lipinski definition) is 4. The van der Waals surface area contributed by atoms with Gasteiger partial charge in [0.05, 0.1) is 10.9 Å². The van der Waals surface area contributed by atoms with E-state index < -0.39 is 10.0 Å². The molecule has 0 aromatic heterocycles. The average molecular weight is 325 g/mol. The fraction of sp³-hybridized carbons (Fsp3) is 0.533. The second kappa shape index (κ2) is 7.71. The van der Waals surface area contributed by atoms with Crippen molar-refractivity contribution < 1.29 is 13.2 Å². The van der Waals surface area contributed by atoms with Crippen LogP contribution in [0.3, 0.4) is 0 Å². The first kappa shape index (κ1) is 16.9. The lowest BCUT2D eigenvalue weighted by Gasteiger charge is -2.22. The molecule has 1 aliphatic rings. The smallest absolute Gasteiger partial charge is 0.240 e. The quantitative estimate of drug-likeness (QED) is 0.720. The molecule has 2 rings (SSSR count). The van der Waals surface area contributed by atoms with E-state index in [9.17, 15) is 13.2 Å². The van der Waals surface area contributed by atoms with E-state index in [1.807, 2.05) is 0 Å². The summed E-state index contributed by atoms with van der Waals surface area (Å²) in [6, 6.07) is 6.44. The first-order chi connectivity index (χ1) is 10.5. The van der Waals surface area contributed by atoms with Crippen LogP contribution in [0.4, 0.5) is 0 Å². The molecule has 3 N–H and O–H groups in total. The molecule has 1 unspecified atom stereocenters. The highest BCUT2D eigenvalue weighted by molar-refractivity contribution is 7.89. The summed E-state index contributed by atoms with van der Waals surface area (Å²) in [5, 5.41) is 6.08. The molecule has 1 aliphatic heterocycles. The highest BCUT2D eigenvalue weighted by Gasteiger charge is 2.20. The Hall–Kier alpha value is -1.44. The molecule has 1 fully saturated rings. The molecule has 0 spiro atoms. The van der Waals surface area contributed by atoms with E-state index in [-0.39, 0.29) is 16.8 Å². The summed E-state index contributed by atoms with van der Waals surface area (Å²) in [5.41, 5.74) is 0.875. The maximum atomic E-state index is 12.0. The van der Waals surface area contributed by atoms with Crippen LogP contribution in [0.15, 0.2) is 29.2 Å². The van der Waals surface area contributed by atoms with Crippen LogP contribution < -0.4 is 15.4 Å². The van der Waals surface area contributed by atoms with Gasteiger partial charge in [0.2, 0.25) is 15.9 Å². The molecule has 22 heavy (non-hydrogen) atoms. The number of amides is 1. The monoisotopic (exact) mass is 325 g/mol. The second-order valence-corrected chi connectivity index (χ2v) is 7.13. The summed E-state index contributed by atoms with van der Waals surface area (Å²) in [5.74, 6) is 0.00375. The molecule has 0 bridgehead atoms. The van der Waals surface area contributed by atoms with Gasteiger partial charge < -0.3 is 10.6 Å². The molecule has 0 aliphatic carbocycles. The molecule has 1 heterocycles. The largest absolute Gasteiger partial charge is 0.351 e. The van der Waals surface area contributed by atoms with Gasteiger partial charge in [-0.25, -0.2) is 13.1 Å². The zero-order chi connectivity index (χ0) is 16.0. The predicted octanol–water partition coefficient (Wildman–Crippen LogP) is 0.743. The summed E-state index contributed by atoms with van der Waals surface area (Å²) in [4.78, 5) is 12.2. The Balaban J connectivity index is 1.90. The standard InChI is InChI=1S/C15H23N3O3S/c1-2-18-22(20,21)13-8-6-12(7-9-13)11-17-15(19)14-5-3-4-10-16-14/h6-9,14,16,18H,2-5,10-11H2,1H3,(H,17,19). The van der Waals surface area contributed by atoms with Gasteiger partial charge in [0.1, 0.15) is 0 Å². The Labute approximate surface area is 131 Å². The van der Waals surface area contributed by atoms with Crippen LogP contribution in [0, 0.1) is 0 Å². The van der Waals surface area contributed by atoms with Crippen LogP contribution in [0.2, 0.25) is 0 Å². The normalized spacial score (nSPS) is 18.9. The molecule has 0 saturated carbocycles. The second-order valence-electron chi connectivity index (χ2n) is 5.37. The molecule has 0 radical (unpaired) electrons. The number of carbonyl (C=O) groups is 1. The van der Waals surface area contributed by atoms with Gasteiger partial charge in [-0.1, -0.05) is 25.5 Å². The highest BCUT2D eigenvalue weighted by Crippen LogP contribution is 2.11. The third-order valence-electron chi connectivity index (χ3n) is 3.66. The van der Waals surface area contributed by atoms with Crippen molar-refractivity contribution in [1.82, 2.24) is 15.4 Å². The van der Waals surface area contributed by atoms with Gasteiger partial charge in [-0.2, -0.15) is 0 Å². The topological polar surface area (TPSA) is 87.3 Å². The van der Waals surface area contributed by atoms with E-state index >= 15 is 0 Å². The lowest BCUT2D eigenvalue weighted by atomic mass is 10.0. The van der Waals surface area contributed by atoms with Crippen LogP contribution >= 0.6 is 0 Å². The van der Waals surface area contributed by atoms with Crippen molar-refractivity contribution in [3.05, 3.63) is 29.8 Å². The maximum absolute atomic E-state index is 12.0. The van der Waals surface area contributed by atoms with Gasteiger partial charge in [0, 0.05) is 13.1 Å². The van der Waals surface area contributed by atoms with Crippen LogP contribution in [0.5, 0.6) is 0 Å². The van der Waals surface area contributed by atoms with Crippen molar-refractivity contribution in [2.75, 3.05) is 13.1 Å². The molecule has 1 saturated heterocycles. The van der Waals surface area contributed by atoms with Crippen molar-refractivity contribution >= 4 is 15.9 Å². The summed E-state index contributed by atoms with van der Waals surface area (Å²) in [7, 11) is -3.42. The number of piperidine rings is 1. The Bertz CT molecular complexity index is 593. The molecule has 1 atom stereocenters. The number of carbonyl (C=O) groups excluding carboxylic acids is 1. The lowest BCUT2D eigenvalue weighted by Crippen LogP contribution is -2.46. The van der Waals surface area contributed by atoms with Crippen molar-refractivity contribution in [2.24, 2.45) is 0 Å². The number of nitrogens with one attached hydrogen (secondary N) is 3. The zero-order valence-corrected chi connectivity index (χ0v) is 13.6. The van der Waals surface area contributed by atoms with Gasteiger partial charge >= 0.3 is 0 Å². The summed E-state index contributed by atoms with van der Waals surface area (Å²) >= 11 is 0. The minimum atomic E-state index is -3.42. The first-order valence-corrected chi connectivity index (χ1v) is 9.11. The van der Waals surface area contributed by atoms with Crippen LogP contribution in [0.25, 0.3) is 0 Å². The molecule has 122 valence electrons. The van der Waals surface area contributed by atoms with E-state index in [1.165, 1.54) is 0 Å². The highest BCUT2D eigenvalue weighted by atomic mass is 32.2. The maximum Gasteiger partial charge on any atom is 0.240 e. The number of benzene rings is 1. The van der Waals surface area contributed by atoms with Gasteiger partial charge in [-0.15, -0.1) is 0 Å². The van der Waals surface area contributed by atoms with Gasteiger partial charge in [-0.3, -0.25) is 4.79 Å². The van der Waals surface area contributed by atoms with Gasteiger partial charge in [0.25, 0.3) is 0 Å². The van der Waals surface area contributed by atoms with Crippen molar-refractivity contribution in [1.29, 1.82) is 0 Å².